The summed E-state index contributed by atoms with van der Waals surface area (Å²) in [6, 6.07) is 0. The van der Waals surface area contributed by atoms with Crippen LogP contribution in [0, 0.1) is 17.8 Å². The Labute approximate surface area is 73.0 Å². The highest BCUT2D eigenvalue weighted by Crippen LogP contribution is 2.43. The van der Waals surface area contributed by atoms with Gasteiger partial charge in [-0.3, -0.25) is 4.79 Å². The van der Waals surface area contributed by atoms with Crippen LogP contribution in [0.3, 0.4) is 0 Å². The Morgan fingerprint density at radius 1 is 1.42 bits per heavy atom. The van der Waals surface area contributed by atoms with E-state index in [4.69, 9.17) is 0 Å². The minimum Gasteiger partial charge on any atom is -0.392 e. The summed E-state index contributed by atoms with van der Waals surface area (Å²) >= 11 is 0. The molecule has 2 fully saturated rings. The number of hydrogen-bond donors (Lipinski definition) is 1. The first-order valence-corrected chi connectivity index (χ1v) is 4.91. The molecule has 2 heteroatoms. The molecule has 2 saturated carbocycles. The SMILES string of the molecule is CC1CC(=O)C2C(O)CCCC12. The van der Waals surface area contributed by atoms with Crippen LogP contribution >= 0.6 is 0 Å². The molecular weight excluding hydrogens is 152 g/mol. The summed E-state index contributed by atoms with van der Waals surface area (Å²) < 4.78 is 0. The van der Waals surface area contributed by atoms with Crippen molar-refractivity contribution in [2.24, 2.45) is 17.8 Å². The van der Waals surface area contributed by atoms with Gasteiger partial charge in [0.05, 0.1) is 6.10 Å². The number of rotatable bonds is 0. The van der Waals surface area contributed by atoms with E-state index < -0.39 is 0 Å². The fraction of sp³-hybridized carbons (Fsp3) is 0.900. The molecule has 0 aromatic carbocycles. The van der Waals surface area contributed by atoms with Crippen molar-refractivity contribution in [3.8, 4) is 0 Å². The second-order valence-corrected chi connectivity index (χ2v) is 4.34. The molecule has 2 aliphatic rings. The number of aliphatic hydroxyl groups excluding tert-OH is 1. The van der Waals surface area contributed by atoms with Crippen LogP contribution in [0.25, 0.3) is 0 Å². The maximum atomic E-state index is 11.5. The predicted octanol–water partition coefficient (Wildman–Crippen LogP) is 1.37. The largest absolute Gasteiger partial charge is 0.392 e. The van der Waals surface area contributed by atoms with Crippen LogP contribution in [0.4, 0.5) is 0 Å². The lowest BCUT2D eigenvalue weighted by Crippen LogP contribution is -2.33. The van der Waals surface area contributed by atoms with E-state index in [9.17, 15) is 9.90 Å². The van der Waals surface area contributed by atoms with Gasteiger partial charge in [-0.1, -0.05) is 13.3 Å². The van der Waals surface area contributed by atoms with Crippen LogP contribution in [0.2, 0.25) is 0 Å². The molecule has 0 aromatic heterocycles. The summed E-state index contributed by atoms with van der Waals surface area (Å²) in [7, 11) is 0. The second kappa shape index (κ2) is 2.84. The molecule has 0 saturated heterocycles. The Bertz CT molecular complexity index is 200. The zero-order valence-corrected chi connectivity index (χ0v) is 7.49. The van der Waals surface area contributed by atoms with Crippen molar-refractivity contribution >= 4 is 5.78 Å². The number of Topliss-reactive ketones (excluding diaryl/α,β-unsaturated/α-hetero) is 1. The average Bonchev–Trinajstić information content (AvgIpc) is 2.29. The lowest BCUT2D eigenvalue weighted by atomic mass is 9.76. The fourth-order valence-electron chi connectivity index (χ4n) is 2.90. The Hall–Kier alpha value is -0.370. The maximum Gasteiger partial charge on any atom is 0.139 e. The number of carbonyl (C=O) groups excluding carboxylic acids is 1. The normalized spacial score (nSPS) is 47.7. The van der Waals surface area contributed by atoms with Gasteiger partial charge in [0.2, 0.25) is 0 Å². The van der Waals surface area contributed by atoms with E-state index >= 15 is 0 Å². The minimum absolute atomic E-state index is 0.00579. The quantitative estimate of drug-likeness (QED) is 0.593. The second-order valence-electron chi connectivity index (χ2n) is 4.34. The van der Waals surface area contributed by atoms with Crippen molar-refractivity contribution in [1.82, 2.24) is 0 Å². The third-order valence-electron chi connectivity index (χ3n) is 3.54. The minimum atomic E-state index is -0.332. The lowest BCUT2D eigenvalue weighted by Gasteiger charge is -2.30. The van der Waals surface area contributed by atoms with Gasteiger partial charge >= 0.3 is 0 Å². The van der Waals surface area contributed by atoms with Gasteiger partial charge in [0, 0.05) is 12.3 Å². The molecule has 12 heavy (non-hydrogen) atoms. The summed E-state index contributed by atoms with van der Waals surface area (Å²) in [6.07, 6.45) is 3.45. The van der Waals surface area contributed by atoms with Crippen LogP contribution in [0.1, 0.15) is 32.6 Å². The van der Waals surface area contributed by atoms with E-state index in [-0.39, 0.29) is 12.0 Å². The highest BCUT2D eigenvalue weighted by atomic mass is 16.3. The van der Waals surface area contributed by atoms with E-state index in [1.807, 2.05) is 0 Å². The van der Waals surface area contributed by atoms with Crippen molar-refractivity contribution in [3.63, 3.8) is 0 Å². The molecule has 0 spiro atoms. The molecule has 0 heterocycles. The van der Waals surface area contributed by atoms with Crippen molar-refractivity contribution < 1.29 is 9.90 Å². The van der Waals surface area contributed by atoms with Gasteiger partial charge < -0.3 is 5.11 Å². The molecular formula is C10H16O2. The number of fused-ring (bicyclic) bond motifs is 1. The summed E-state index contributed by atoms with van der Waals surface area (Å²) in [5.74, 6) is 1.30. The maximum absolute atomic E-state index is 11.5. The first-order chi connectivity index (χ1) is 5.70. The third-order valence-corrected chi connectivity index (χ3v) is 3.54. The molecule has 0 aliphatic heterocycles. The number of hydrogen-bond acceptors (Lipinski definition) is 2. The van der Waals surface area contributed by atoms with E-state index in [0.29, 0.717) is 24.0 Å². The van der Waals surface area contributed by atoms with E-state index in [2.05, 4.69) is 6.92 Å². The standard InChI is InChI=1S/C10H16O2/c1-6-5-9(12)10-7(6)3-2-4-8(10)11/h6-8,10-11H,2-5H2,1H3. The van der Waals surface area contributed by atoms with Crippen LogP contribution in [0.15, 0.2) is 0 Å². The number of ketones is 1. The number of carbonyl (C=O) groups is 1. The fourth-order valence-corrected chi connectivity index (χ4v) is 2.90. The van der Waals surface area contributed by atoms with Gasteiger partial charge in [0.15, 0.2) is 0 Å². The third kappa shape index (κ3) is 1.09. The van der Waals surface area contributed by atoms with Gasteiger partial charge in [-0.05, 0) is 24.7 Å². The molecule has 0 aromatic rings. The monoisotopic (exact) mass is 168 g/mol. The molecule has 2 nitrogen and oxygen atoms in total. The van der Waals surface area contributed by atoms with E-state index in [1.54, 1.807) is 0 Å². The van der Waals surface area contributed by atoms with Crippen LogP contribution in [-0.4, -0.2) is 17.0 Å². The smallest absolute Gasteiger partial charge is 0.139 e. The Balaban J connectivity index is 2.19. The van der Waals surface area contributed by atoms with Crippen molar-refractivity contribution in [2.75, 3.05) is 0 Å². The topological polar surface area (TPSA) is 37.3 Å². The predicted molar refractivity (Wildman–Crippen MR) is 45.6 cm³/mol. The first kappa shape index (κ1) is 8.24. The zero-order chi connectivity index (χ0) is 8.72. The highest BCUT2D eigenvalue weighted by Gasteiger charge is 2.45. The summed E-state index contributed by atoms with van der Waals surface area (Å²) in [6.45, 7) is 2.14. The molecule has 2 rings (SSSR count). The van der Waals surface area contributed by atoms with Crippen LogP contribution in [-0.2, 0) is 4.79 Å². The molecule has 1 N–H and O–H groups in total. The Morgan fingerprint density at radius 2 is 2.17 bits per heavy atom. The van der Waals surface area contributed by atoms with Gasteiger partial charge in [-0.25, -0.2) is 0 Å². The molecule has 4 unspecified atom stereocenters. The Morgan fingerprint density at radius 3 is 2.83 bits per heavy atom. The summed E-state index contributed by atoms with van der Waals surface area (Å²) in [5.41, 5.74) is 0. The van der Waals surface area contributed by atoms with Gasteiger partial charge in [0.1, 0.15) is 5.78 Å². The number of aliphatic hydroxyl groups is 1. The molecule has 4 atom stereocenters. The van der Waals surface area contributed by atoms with Crippen molar-refractivity contribution in [3.05, 3.63) is 0 Å². The molecule has 68 valence electrons. The van der Waals surface area contributed by atoms with Gasteiger partial charge in [-0.15, -0.1) is 0 Å². The molecule has 0 bridgehead atoms. The summed E-state index contributed by atoms with van der Waals surface area (Å²) in [4.78, 5) is 11.5. The molecule has 0 amide bonds. The molecule has 2 aliphatic carbocycles. The molecule has 0 radical (unpaired) electrons. The van der Waals surface area contributed by atoms with Crippen molar-refractivity contribution in [2.45, 2.75) is 38.7 Å². The van der Waals surface area contributed by atoms with E-state index in [1.165, 1.54) is 0 Å². The lowest BCUT2D eigenvalue weighted by molar-refractivity contribution is -0.125. The Kier molecular flexibility index (Phi) is 1.95. The first-order valence-electron chi connectivity index (χ1n) is 4.91. The zero-order valence-electron chi connectivity index (χ0n) is 7.49. The summed E-state index contributed by atoms with van der Waals surface area (Å²) in [5, 5.41) is 9.65. The average molecular weight is 168 g/mol. The van der Waals surface area contributed by atoms with E-state index in [0.717, 1.165) is 19.3 Å². The van der Waals surface area contributed by atoms with Gasteiger partial charge in [0.25, 0.3) is 0 Å². The van der Waals surface area contributed by atoms with Gasteiger partial charge in [-0.2, -0.15) is 0 Å². The highest BCUT2D eigenvalue weighted by molar-refractivity contribution is 5.84. The van der Waals surface area contributed by atoms with Crippen molar-refractivity contribution in [1.29, 1.82) is 0 Å². The van der Waals surface area contributed by atoms with Crippen LogP contribution in [0.5, 0.6) is 0 Å². The van der Waals surface area contributed by atoms with Crippen LogP contribution < -0.4 is 0 Å².